The summed E-state index contributed by atoms with van der Waals surface area (Å²) in [6, 6.07) is 6.49. The quantitative estimate of drug-likeness (QED) is 0.817. The summed E-state index contributed by atoms with van der Waals surface area (Å²) < 4.78 is 5.63. The molecule has 1 aromatic carbocycles. The number of halogens is 1. The molecule has 2 nitrogen and oxygen atoms in total. The molecule has 1 N–H and O–H groups in total. The smallest absolute Gasteiger partial charge is 0.0778 e. The normalized spacial score (nSPS) is 13.6. The van der Waals surface area contributed by atoms with Crippen molar-refractivity contribution in [3.63, 3.8) is 0 Å². The van der Waals surface area contributed by atoms with Crippen LogP contribution in [-0.2, 0) is 11.2 Å². The van der Waals surface area contributed by atoms with E-state index in [1.54, 1.807) is 7.11 Å². The van der Waals surface area contributed by atoms with E-state index in [-0.39, 0.29) is 11.6 Å². The van der Waals surface area contributed by atoms with Crippen LogP contribution in [0.15, 0.2) is 18.2 Å². The average Bonchev–Trinajstić information content (AvgIpc) is 2.36. The molecule has 0 saturated heterocycles. The first-order valence-corrected chi connectivity index (χ1v) is 7.32. The van der Waals surface area contributed by atoms with Gasteiger partial charge in [-0.3, -0.25) is 0 Å². The van der Waals surface area contributed by atoms with E-state index in [9.17, 15) is 0 Å². The van der Waals surface area contributed by atoms with Crippen LogP contribution >= 0.6 is 11.6 Å². The van der Waals surface area contributed by atoms with Crippen LogP contribution in [0.1, 0.15) is 38.3 Å². The number of nitrogens with one attached hydrogen (secondary N) is 1. The van der Waals surface area contributed by atoms with E-state index >= 15 is 0 Å². The van der Waals surface area contributed by atoms with E-state index in [1.807, 2.05) is 6.07 Å². The second kappa shape index (κ2) is 7.28. The first-order valence-electron chi connectivity index (χ1n) is 6.94. The highest BCUT2D eigenvalue weighted by Crippen LogP contribution is 2.23. The molecule has 1 rings (SSSR count). The molecule has 0 saturated carbocycles. The Morgan fingerprint density at radius 1 is 1.37 bits per heavy atom. The Bertz CT molecular complexity index is 404. The number of benzene rings is 1. The number of hydrogen-bond acceptors (Lipinski definition) is 2. The lowest BCUT2D eigenvalue weighted by Crippen LogP contribution is -2.49. The lowest BCUT2D eigenvalue weighted by atomic mass is 9.91. The summed E-state index contributed by atoms with van der Waals surface area (Å²) in [6.07, 6.45) is 1.98. The van der Waals surface area contributed by atoms with Gasteiger partial charge in [-0.2, -0.15) is 0 Å². The van der Waals surface area contributed by atoms with E-state index in [1.165, 1.54) is 11.1 Å². The summed E-state index contributed by atoms with van der Waals surface area (Å²) in [7, 11) is 1.76. The number of hydrogen-bond donors (Lipinski definition) is 1. The van der Waals surface area contributed by atoms with Gasteiger partial charge >= 0.3 is 0 Å². The summed E-state index contributed by atoms with van der Waals surface area (Å²) in [4.78, 5) is 0. The second-order valence-electron chi connectivity index (χ2n) is 5.61. The first-order chi connectivity index (χ1) is 8.90. The number of methoxy groups -OCH3 is 1. The molecule has 1 unspecified atom stereocenters. The van der Waals surface area contributed by atoms with Crippen molar-refractivity contribution in [2.75, 3.05) is 13.7 Å². The molecule has 3 heteroatoms. The van der Waals surface area contributed by atoms with Gasteiger partial charge in [0.05, 0.1) is 5.60 Å². The molecule has 0 radical (unpaired) electrons. The third kappa shape index (κ3) is 4.79. The topological polar surface area (TPSA) is 21.3 Å². The summed E-state index contributed by atoms with van der Waals surface area (Å²) in [5.74, 6) is 0. The lowest BCUT2D eigenvalue weighted by molar-refractivity contribution is -0.00997. The monoisotopic (exact) mass is 283 g/mol. The molecule has 1 aromatic rings. The lowest BCUT2D eigenvalue weighted by Gasteiger charge is -2.34. The number of rotatable bonds is 7. The molecule has 108 valence electrons. The predicted octanol–water partition coefficient (Wildman–Crippen LogP) is 3.98. The largest absolute Gasteiger partial charge is 0.377 e. The van der Waals surface area contributed by atoms with Gasteiger partial charge in [0, 0.05) is 18.2 Å². The maximum Gasteiger partial charge on any atom is 0.0778 e. The van der Waals surface area contributed by atoms with Crippen LogP contribution < -0.4 is 5.32 Å². The van der Waals surface area contributed by atoms with Crippen LogP contribution in [-0.4, -0.2) is 25.3 Å². The third-order valence-electron chi connectivity index (χ3n) is 3.64. The molecule has 0 aromatic heterocycles. The Balaban J connectivity index is 2.87. The van der Waals surface area contributed by atoms with Gasteiger partial charge in [0.15, 0.2) is 0 Å². The zero-order valence-corrected chi connectivity index (χ0v) is 13.5. The maximum absolute atomic E-state index is 6.33. The van der Waals surface area contributed by atoms with Crippen molar-refractivity contribution in [3.05, 3.63) is 34.3 Å². The summed E-state index contributed by atoms with van der Waals surface area (Å²) in [5, 5.41) is 4.41. The number of aryl methyl sites for hydroxylation is 1. The average molecular weight is 284 g/mol. The van der Waals surface area contributed by atoms with Crippen molar-refractivity contribution >= 4 is 11.6 Å². The Hall–Kier alpha value is -0.570. The highest BCUT2D eigenvalue weighted by Gasteiger charge is 2.29. The van der Waals surface area contributed by atoms with E-state index in [0.29, 0.717) is 0 Å². The minimum Gasteiger partial charge on any atom is -0.377 e. The van der Waals surface area contributed by atoms with Crippen molar-refractivity contribution in [2.45, 2.75) is 52.2 Å². The van der Waals surface area contributed by atoms with E-state index < -0.39 is 0 Å². The minimum atomic E-state index is -0.219. The van der Waals surface area contributed by atoms with Gasteiger partial charge in [-0.05, 0) is 57.4 Å². The summed E-state index contributed by atoms with van der Waals surface area (Å²) >= 11 is 6.33. The Labute approximate surface area is 122 Å². The molecule has 0 heterocycles. The van der Waals surface area contributed by atoms with Crippen molar-refractivity contribution in [1.29, 1.82) is 0 Å². The molecular weight excluding hydrogens is 258 g/mol. The van der Waals surface area contributed by atoms with Crippen LogP contribution in [0.5, 0.6) is 0 Å². The van der Waals surface area contributed by atoms with Gasteiger partial charge in [-0.25, -0.2) is 0 Å². The molecule has 0 amide bonds. The predicted molar refractivity (Wildman–Crippen MR) is 83.1 cm³/mol. The fourth-order valence-electron chi connectivity index (χ4n) is 2.06. The Kier molecular flexibility index (Phi) is 6.31. The molecule has 0 aliphatic carbocycles. The standard InChI is InChI=1S/C16H26ClNO/c1-6-9-18-15(16(3,4)19-5)11-13-8-7-12(2)10-14(13)17/h7-8,10,15,18H,6,9,11H2,1-5H3. The van der Waals surface area contributed by atoms with Crippen molar-refractivity contribution in [2.24, 2.45) is 0 Å². The zero-order chi connectivity index (χ0) is 14.5. The third-order valence-corrected chi connectivity index (χ3v) is 3.99. The van der Waals surface area contributed by atoms with Crippen LogP contribution in [0.4, 0.5) is 0 Å². The summed E-state index contributed by atoms with van der Waals surface area (Å²) in [5.41, 5.74) is 2.15. The van der Waals surface area contributed by atoms with E-state index in [4.69, 9.17) is 16.3 Å². The number of ether oxygens (including phenoxy) is 1. The van der Waals surface area contributed by atoms with Gasteiger partial charge in [0.1, 0.15) is 0 Å². The summed E-state index contributed by atoms with van der Waals surface area (Å²) in [6.45, 7) is 9.44. The first kappa shape index (κ1) is 16.5. The molecule has 1 atom stereocenters. The Morgan fingerprint density at radius 2 is 2.05 bits per heavy atom. The molecular formula is C16H26ClNO. The molecule has 0 aliphatic rings. The van der Waals surface area contributed by atoms with Gasteiger partial charge in [-0.1, -0.05) is 30.7 Å². The van der Waals surface area contributed by atoms with Crippen molar-refractivity contribution in [1.82, 2.24) is 5.32 Å². The van der Waals surface area contributed by atoms with E-state index in [2.05, 4.69) is 45.1 Å². The van der Waals surface area contributed by atoms with Gasteiger partial charge in [0.25, 0.3) is 0 Å². The van der Waals surface area contributed by atoms with Crippen LogP contribution in [0.2, 0.25) is 5.02 Å². The van der Waals surface area contributed by atoms with Crippen LogP contribution in [0.25, 0.3) is 0 Å². The van der Waals surface area contributed by atoms with E-state index in [0.717, 1.165) is 24.4 Å². The van der Waals surface area contributed by atoms with Gasteiger partial charge in [0.2, 0.25) is 0 Å². The zero-order valence-electron chi connectivity index (χ0n) is 12.7. The highest BCUT2D eigenvalue weighted by molar-refractivity contribution is 6.31. The van der Waals surface area contributed by atoms with Crippen LogP contribution in [0, 0.1) is 6.92 Å². The Morgan fingerprint density at radius 3 is 2.58 bits per heavy atom. The minimum absolute atomic E-state index is 0.219. The SMILES string of the molecule is CCCNC(Cc1ccc(C)cc1Cl)C(C)(C)OC. The molecule has 0 spiro atoms. The highest BCUT2D eigenvalue weighted by atomic mass is 35.5. The molecule has 0 bridgehead atoms. The maximum atomic E-state index is 6.33. The fraction of sp³-hybridized carbons (Fsp3) is 0.625. The van der Waals surface area contributed by atoms with Crippen LogP contribution in [0.3, 0.4) is 0 Å². The molecule has 19 heavy (non-hydrogen) atoms. The molecule has 0 fully saturated rings. The van der Waals surface area contributed by atoms with Gasteiger partial charge < -0.3 is 10.1 Å². The van der Waals surface area contributed by atoms with Crippen molar-refractivity contribution < 1.29 is 4.74 Å². The van der Waals surface area contributed by atoms with Crippen molar-refractivity contribution in [3.8, 4) is 0 Å². The molecule has 0 aliphatic heterocycles. The fourth-order valence-corrected chi connectivity index (χ4v) is 2.37. The second-order valence-corrected chi connectivity index (χ2v) is 6.02. The van der Waals surface area contributed by atoms with Gasteiger partial charge in [-0.15, -0.1) is 0 Å².